The molecular weight excluding hydrogens is 979 g/mol. The van der Waals surface area contributed by atoms with Crippen LogP contribution in [0.15, 0.2) is 24.8 Å². The summed E-state index contributed by atoms with van der Waals surface area (Å²) in [4.78, 5) is 96.8. The standard InChI is InChI=1S/C39H68N7O18P3S/c1-4-5-6-13-16-27(47)17-14-11-9-7-8-10-12-15-18-30(49)68-22-21-41-29(48)19-20-42-37(52)34(51)39(2,3)24-61-67(58,59)64-66(56,57)60-23-28-33(63-65(53,54)55)32(50)38(62-28)46-26-45-31-35(40)43-25-44-36(31)46/h11,14,25-28,32-34,38,47,50-51H,4-10,12-13,15-24H2,1-3H3,(H,41,48)(H,42,52)(H,56,57)(H,58,59)(H2,40,43,44)(H2,53,54,55)/p-4/b14-11-/t27-,28-,32-,33-,34+,38-/m1/s1. The number of anilines is 1. The van der Waals surface area contributed by atoms with E-state index in [0.717, 1.165) is 80.4 Å². The fourth-order valence-corrected chi connectivity index (χ4v) is 10.2. The smallest absolute Gasteiger partial charge is 0.274 e. The number of unbranched alkanes of at least 4 members (excludes halogenated alkanes) is 8. The molecule has 0 radical (unpaired) electrons. The lowest BCUT2D eigenvalue weighted by molar-refractivity contribution is -0.347. The topological polar surface area (TPSA) is 395 Å². The van der Waals surface area contributed by atoms with Gasteiger partial charge in [0.2, 0.25) is 11.8 Å². The van der Waals surface area contributed by atoms with Crippen LogP contribution >= 0.6 is 35.2 Å². The summed E-state index contributed by atoms with van der Waals surface area (Å²) in [5, 5.41) is 36.4. The predicted molar refractivity (Wildman–Crippen MR) is 239 cm³/mol. The molecule has 0 saturated carbocycles. The number of ether oxygens (including phenoxy) is 1. The molecule has 3 heterocycles. The number of phosphoric acid groups is 3. The Morgan fingerprint density at radius 2 is 1.63 bits per heavy atom. The van der Waals surface area contributed by atoms with E-state index in [2.05, 4.69) is 62.5 Å². The Morgan fingerprint density at radius 1 is 0.941 bits per heavy atom. The molecule has 29 heteroatoms. The van der Waals surface area contributed by atoms with Crippen LogP contribution in [0, 0.1) is 5.41 Å². The van der Waals surface area contributed by atoms with Gasteiger partial charge in [0.1, 0.15) is 36.3 Å². The number of fused-ring (bicyclic) bond motifs is 1. The number of hydrogen-bond acceptors (Lipinski definition) is 23. The van der Waals surface area contributed by atoms with Gasteiger partial charge < -0.3 is 74.1 Å². The van der Waals surface area contributed by atoms with Gasteiger partial charge in [0.05, 0.1) is 33.5 Å². The maximum Gasteiger partial charge on any atom is 0.274 e. The maximum atomic E-state index is 12.6. The van der Waals surface area contributed by atoms with Crippen molar-refractivity contribution in [3.63, 3.8) is 0 Å². The van der Waals surface area contributed by atoms with Crippen LogP contribution in [0.25, 0.3) is 11.2 Å². The maximum absolute atomic E-state index is 12.6. The highest BCUT2D eigenvalue weighted by Gasteiger charge is 2.47. The number of phosphoric ester groups is 3. The zero-order valence-electron chi connectivity index (χ0n) is 38.3. The first-order valence-electron chi connectivity index (χ1n) is 22.3. The van der Waals surface area contributed by atoms with E-state index < -0.39 is 84.6 Å². The van der Waals surface area contributed by atoms with E-state index in [1.807, 2.05) is 0 Å². The minimum Gasteiger partial charge on any atom is -0.790 e. The van der Waals surface area contributed by atoms with Crippen molar-refractivity contribution in [2.75, 3.05) is 37.8 Å². The highest BCUT2D eigenvalue weighted by Crippen LogP contribution is 2.56. The predicted octanol–water partition coefficient (Wildman–Crippen LogP) is 1.15. The van der Waals surface area contributed by atoms with E-state index in [9.17, 15) is 63.0 Å². The number of aromatic nitrogens is 4. The van der Waals surface area contributed by atoms with Crippen molar-refractivity contribution in [1.29, 1.82) is 0 Å². The Bertz CT molecular complexity index is 2080. The molecule has 3 rings (SSSR count). The number of amides is 2. The summed E-state index contributed by atoms with van der Waals surface area (Å²) in [6.45, 7) is 2.28. The first-order chi connectivity index (χ1) is 31.9. The highest BCUT2D eigenvalue weighted by atomic mass is 32.2. The molecule has 0 aromatic carbocycles. The zero-order valence-corrected chi connectivity index (χ0v) is 41.8. The summed E-state index contributed by atoms with van der Waals surface area (Å²) < 4.78 is 60.8. The minimum atomic E-state index is -5.92. The molecule has 2 amide bonds. The molecule has 0 aliphatic carbocycles. The summed E-state index contributed by atoms with van der Waals surface area (Å²) in [6.07, 6.45) is 8.76. The third-order valence-corrected chi connectivity index (χ3v) is 14.4. The average molecular weight is 1040 g/mol. The van der Waals surface area contributed by atoms with Gasteiger partial charge in [-0.3, -0.25) is 28.1 Å². The molecule has 1 aliphatic heterocycles. The summed E-state index contributed by atoms with van der Waals surface area (Å²) >= 11 is 1.12. The van der Waals surface area contributed by atoms with Crippen LogP contribution in [0.1, 0.15) is 117 Å². The molecule has 1 saturated heterocycles. The molecule has 1 fully saturated rings. The number of nitrogens with zero attached hydrogens (tertiary/aromatic N) is 4. The van der Waals surface area contributed by atoms with Crippen molar-refractivity contribution in [2.45, 2.75) is 147 Å². The molecule has 2 aromatic rings. The van der Waals surface area contributed by atoms with Gasteiger partial charge in [0.15, 0.2) is 22.8 Å². The second kappa shape index (κ2) is 28.9. The van der Waals surface area contributed by atoms with Crippen molar-refractivity contribution in [3.05, 3.63) is 24.8 Å². The summed E-state index contributed by atoms with van der Waals surface area (Å²) in [7, 11) is -17.6. The monoisotopic (exact) mass is 1040 g/mol. The number of nitrogens with one attached hydrogen (secondary N) is 2. The number of imidazole rings is 1. The Hall–Kier alpha value is -2.74. The summed E-state index contributed by atoms with van der Waals surface area (Å²) in [5.41, 5.74) is 4.08. The van der Waals surface area contributed by atoms with Gasteiger partial charge in [-0.1, -0.05) is 89.6 Å². The van der Waals surface area contributed by atoms with E-state index in [-0.39, 0.29) is 47.7 Å². The number of nitrogen functional groups attached to an aromatic ring is 1. The number of carbonyl (C=O) groups is 3. The van der Waals surface area contributed by atoms with Crippen molar-refractivity contribution < 1.29 is 85.6 Å². The Labute approximate surface area is 399 Å². The van der Waals surface area contributed by atoms with Crippen LogP contribution in [-0.4, -0.2) is 114 Å². The summed E-state index contributed by atoms with van der Waals surface area (Å²) in [5.74, 6) is -1.18. The molecule has 25 nitrogen and oxygen atoms in total. The quantitative estimate of drug-likeness (QED) is 0.0325. The van der Waals surface area contributed by atoms with Crippen LogP contribution in [0.3, 0.4) is 0 Å². The average Bonchev–Trinajstić information content (AvgIpc) is 3.82. The van der Waals surface area contributed by atoms with Gasteiger partial charge in [-0.15, -0.1) is 0 Å². The number of thioether (sulfide) groups is 1. The van der Waals surface area contributed by atoms with E-state index in [1.54, 1.807) is 0 Å². The fourth-order valence-electron chi connectivity index (χ4n) is 6.70. The Balaban J connectivity index is 1.30. The lowest BCUT2D eigenvalue weighted by Crippen LogP contribution is -2.46. The molecule has 68 heavy (non-hydrogen) atoms. The van der Waals surface area contributed by atoms with Crippen LogP contribution in [0.5, 0.6) is 0 Å². The highest BCUT2D eigenvalue weighted by molar-refractivity contribution is 8.13. The third-order valence-electron chi connectivity index (χ3n) is 10.5. The molecule has 2 unspecified atom stereocenters. The van der Waals surface area contributed by atoms with E-state index >= 15 is 0 Å². The van der Waals surface area contributed by atoms with Gasteiger partial charge in [0, 0.05) is 37.1 Å². The lowest BCUT2D eigenvalue weighted by atomic mass is 9.87. The molecular formula is C39H64N7O18P3S-4. The van der Waals surface area contributed by atoms with Crippen molar-refractivity contribution in [2.24, 2.45) is 5.41 Å². The normalized spacial score (nSPS) is 20.6. The molecule has 7 N–H and O–H groups in total. The van der Waals surface area contributed by atoms with Crippen molar-refractivity contribution >= 4 is 69.1 Å². The summed E-state index contributed by atoms with van der Waals surface area (Å²) in [6, 6.07) is 0. The van der Waals surface area contributed by atoms with Crippen LogP contribution in [0.2, 0.25) is 0 Å². The zero-order chi connectivity index (χ0) is 50.5. The number of aliphatic hydroxyl groups is 3. The molecule has 8 atom stereocenters. The fraction of sp³-hybridized carbons (Fsp3) is 0.744. The lowest BCUT2D eigenvalue weighted by Gasteiger charge is -2.36. The molecule has 388 valence electrons. The Kier molecular flexibility index (Phi) is 25.4. The third kappa shape index (κ3) is 21.7. The number of aliphatic hydroxyl groups excluding tert-OH is 3. The number of rotatable bonds is 34. The number of nitrogens with two attached hydrogens (primary N) is 1. The SMILES string of the molecule is CCCCCC[C@@H](O)C/C=C\CCCCCCCC(=O)SCCNC(=O)CCNC(=O)[C@H](O)C(C)(C)COP(=O)([O-])OP(=O)([O-])OC[C@H]1O[C@@H](n2cnc3c(N)ncnc32)[C@H](O)[C@@H]1OP(=O)([O-])[O-]. The number of allylic oxidation sites excluding steroid dienone is 1. The van der Waals surface area contributed by atoms with E-state index in [1.165, 1.54) is 33.1 Å². The van der Waals surface area contributed by atoms with Crippen LogP contribution in [-0.2, 0) is 50.7 Å². The first-order valence-corrected chi connectivity index (χ1v) is 27.6. The number of hydrogen-bond donors (Lipinski definition) is 6. The van der Waals surface area contributed by atoms with E-state index in [4.69, 9.17) is 10.5 Å². The first kappa shape index (κ1) is 59.6. The van der Waals surface area contributed by atoms with Gasteiger partial charge in [0.25, 0.3) is 15.6 Å². The molecule has 0 spiro atoms. The molecule has 0 bridgehead atoms. The minimum absolute atomic E-state index is 0.0220. The van der Waals surface area contributed by atoms with Gasteiger partial charge in [-0.25, -0.2) is 19.3 Å². The van der Waals surface area contributed by atoms with Crippen molar-refractivity contribution in [3.8, 4) is 0 Å². The van der Waals surface area contributed by atoms with Gasteiger partial charge in [-0.2, -0.15) is 0 Å². The van der Waals surface area contributed by atoms with Crippen LogP contribution in [0.4, 0.5) is 5.82 Å². The van der Waals surface area contributed by atoms with Gasteiger partial charge >= 0.3 is 0 Å². The molecule has 1 aliphatic rings. The second-order valence-corrected chi connectivity index (χ2v) is 21.9. The van der Waals surface area contributed by atoms with Crippen LogP contribution < -0.4 is 35.9 Å². The number of carbonyl (C=O) groups excluding carboxylic acids is 3. The second-order valence-electron chi connectivity index (χ2n) is 16.7. The van der Waals surface area contributed by atoms with Crippen molar-refractivity contribution in [1.82, 2.24) is 30.2 Å². The van der Waals surface area contributed by atoms with Gasteiger partial charge in [-0.05, 0) is 32.1 Å². The van der Waals surface area contributed by atoms with E-state index in [0.29, 0.717) is 18.6 Å². The largest absolute Gasteiger partial charge is 0.790 e. The molecule has 2 aromatic heterocycles. The Morgan fingerprint density at radius 3 is 2.35 bits per heavy atom.